The summed E-state index contributed by atoms with van der Waals surface area (Å²) in [6.45, 7) is 7.08. The molecule has 27 heavy (non-hydrogen) atoms. The number of aryl methyl sites for hydroxylation is 1. The van der Waals surface area contributed by atoms with Crippen molar-refractivity contribution in [1.82, 2.24) is 15.3 Å². The standard InChI is InChI=1S/C21H27N3O3/c1-15-23-13-17(19(26)24-15)18(25)22-11-9-21(16-7-5-4-6-8-16)10-12-27-20(2,3)14-21/h4-8,13H,9-12,14H2,1-3H3,(H,22,25)(H,23,24,26)/t21-/m0/s1. The third-order valence-corrected chi connectivity index (χ3v) is 5.28. The van der Waals surface area contributed by atoms with Crippen molar-refractivity contribution in [3.8, 4) is 0 Å². The van der Waals surface area contributed by atoms with Gasteiger partial charge in [-0.15, -0.1) is 0 Å². The molecule has 3 rings (SSSR count). The lowest BCUT2D eigenvalue weighted by atomic mass is 9.67. The molecule has 6 heteroatoms. The van der Waals surface area contributed by atoms with Crippen LogP contribution in [0.25, 0.3) is 0 Å². The van der Waals surface area contributed by atoms with Gasteiger partial charge in [0.15, 0.2) is 0 Å². The molecule has 0 spiro atoms. The minimum absolute atomic E-state index is 0.0432. The van der Waals surface area contributed by atoms with E-state index >= 15 is 0 Å². The van der Waals surface area contributed by atoms with Crippen LogP contribution in [-0.4, -0.2) is 34.6 Å². The van der Waals surface area contributed by atoms with Crippen molar-refractivity contribution in [2.75, 3.05) is 13.2 Å². The zero-order chi connectivity index (χ0) is 19.5. The molecule has 0 aliphatic carbocycles. The normalized spacial score (nSPS) is 21.6. The lowest BCUT2D eigenvalue weighted by Crippen LogP contribution is -2.45. The lowest BCUT2D eigenvalue weighted by Gasteiger charge is -2.45. The van der Waals surface area contributed by atoms with Crippen molar-refractivity contribution in [3.63, 3.8) is 0 Å². The smallest absolute Gasteiger partial charge is 0.263 e. The number of aromatic amines is 1. The topological polar surface area (TPSA) is 84.1 Å². The number of aromatic nitrogens is 2. The number of hydrogen-bond acceptors (Lipinski definition) is 4. The van der Waals surface area contributed by atoms with Crippen LogP contribution in [0.5, 0.6) is 0 Å². The Labute approximate surface area is 159 Å². The second-order valence-corrected chi connectivity index (χ2v) is 7.90. The van der Waals surface area contributed by atoms with Crippen molar-refractivity contribution < 1.29 is 9.53 Å². The van der Waals surface area contributed by atoms with E-state index in [4.69, 9.17) is 4.74 Å². The van der Waals surface area contributed by atoms with Crippen molar-refractivity contribution in [1.29, 1.82) is 0 Å². The summed E-state index contributed by atoms with van der Waals surface area (Å²) in [5.74, 6) is 0.0994. The van der Waals surface area contributed by atoms with E-state index in [1.807, 2.05) is 6.07 Å². The summed E-state index contributed by atoms with van der Waals surface area (Å²) in [6, 6.07) is 10.4. The van der Waals surface area contributed by atoms with Gasteiger partial charge in [0.2, 0.25) is 0 Å². The van der Waals surface area contributed by atoms with Crippen molar-refractivity contribution in [2.45, 2.75) is 51.0 Å². The number of ether oxygens (including phenoxy) is 1. The minimum Gasteiger partial charge on any atom is -0.376 e. The van der Waals surface area contributed by atoms with E-state index in [1.54, 1.807) is 6.92 Å². The number of amides is 1. The van der Waals surface area contributed by atoms with Crippen LogP contribution in [0.3, 0.4) is 0 Å². The Balaban J connectivity index is 1.74. The van der Waals surface area contributed by atoms with E-state index in [0.717, 1.165) is 19.3 Å². The molecule has 0 radical (unpaired) electrons. The van der Waals surface area contributed by atoms with Gasteiger partial charge in [0.25, 0.3) is 11.5 Å². The molecule has 1 aromatic heterocycles. The van der Waals surface area contributed by atoms with E-state index < -0.39 is 11.5 Å². The fourth-order valence-electron chi connectivity index (χ4n) is 4.03. The van der Waals surface area contributed by atoms with Crippen LogP contribution in [0, 0.1) is 6.92 Å². The summed E-state index contributed by atoms with van der Waals surface area (Å²) >= 11 is 0. The summed E-state index contributed by atoms with van der Waals surface area (Å²) in [5, 5.41) is 2.89. The summed E-state index contributed by atoms with van der Waals surface area (Å²) < 4.78 is 5.92. The maximum Gasteiger partial charge on any atom is 0.263 e. The van der Waals surface area contributed by atoms with E-state index in [0.29, 0.717) is 19.0 Å². The lowest BCUT2D eigenvalue weighted by molar-refractivity contribution is -0.0838. The fraction of sp³-hybridized carbons (Fsp3) is 0.476. The Hall–Kier alpha value is -2.47. The fourth-order valence-corrected chi connectivity index (χ4v) is 4.03. The van der Waals surface area contributed by atoms with Crippen molar-refractivity contribution >= 4 is 5.91 Å². The van der Waals surface area contributed by atoms with Gasteiger partial charge < -0.3 is 15.0 Å². The van der Waals surface area contributed by atoms with Gasteiger partial charge in [-0.1, -0.05) is 30.3 Å². The van der Waals surface area contributed by atoms with Gasteiger partial charge in [0, 0.05) is 24.8 Å². The quantitative estimate of drug-likeness (QED) is 0.849. The Kier molecular flexibility index (Phi) is 5.46. The highest BCUT2D eigenvalue weighted by Crippen LogP contribution is 2.43. The van der Waals surface area contributed by atoms with Crippen LogP contribution in [0.1, 0.15) is 54.9 Å². The number of benzene rings is 1. The second kappa shape index (κ2) is 7.64. The van der Waals surface area contributed by atoms with E-state index in [-0.39, 0.29) is 16.6 Å². The Morgan fingerprint density at radius 3 is 2.70 bits per heavy atom. The van der Waals surface area contributed by atoms with Gasteiger partial charge >= 0.3 is 0 Å². The molecule has 1 atom stereocenters. The van der Waals surface area contributed by atoms with E-state index in [2.05, 4.69) is 53.4 Å². The average Bonchev–Trinajstić information content (AvgIpc) is 2.61. The van der Waals surface area contributed by atoms with Gasteiger partial charge in [0.05, 0.1) is 5.60 Å². The average molecular weight is 369 g/mol. The van der Waals surface area contributed by atoms with Crippen LogP contribution < -0.4 is 10.9 Å². The Morgan fingerprint density at radius 2 is 2.04 bits per heavy atom. The van der Waals surface area contributed by atoms with E-state index in [1.165, 1.54) is 11.8 Å². The molecule has 2 aromatic rings. The maximum absolute atomic E-state index is 12.4. The molecule has 1 aromatic carbocycles. The maximum atomic E-state index is 12.4. The van der Waals surface area contributed by atoms with Crippen molar-refractivity contribution in [3.05, 3.63) is 63.8 Å². The first-order chi connectivity index (χ1) is 12.8. The molecule has 2 N–H and O–H groups in total. The first-order valence-electron chi connectivity index (χ1n) is 9.35. The molecule has 0 saturated carbocycles. The third kappa shape index (κ3) is 4.45. The van der Waals surface area contributed by atoms with E-state index in [9.17, 15) is 9.59 Å². The number of nitrogens with one attached hydrogen (secondary N) is 2. The first-order valence-corrected chi connectivity index (χ1v) is 9.35. The monoisotopic (exact) mass is 369 g/mol. The molecular formula is C21H27N3O3. The summed E-state index contributed by atoms with van der Waals surface area (Å²) in [4.78, 5) is 30.9. The molecule has 1 fully saturated rings. The number of nitrogens with zero attached hydrogens (tertiary/aromatic N) is 1. The second-order valence-electron chi connectivity index (χ2n) is 7.90. The number of carbonyl (C=O) groups excluding carboxylic acids is 1. The van der Waals surface area contributed by atoms with Crippen LogP contribution in [0.15, 0.2) is 41.3 Å². The third-order valence-electron chi connectivity index (χ3n) is 5.28. The van der Waals surface area contributed by atoms with Gasteiger partial charge in [-0.05, 0) is 45.6 Å². The number of carbonyl (C=O) groups is 1. The number of H-pyrrole nitrogens is 1. The van der Waals surface area contributed by atoms with Gasteiger partial charge in [-0.2, -0.15) is 0 Å². The SMILES string of the molecule is Cc1ncc(C(=O)NCC[C@]2(c3ccccc3)CCOC(C)(C)C2)c(=O)[nH]1. The molecule has 2 heterocycles. The minimum atomic E-state index is -0.412. The first kappa shape index (κ1) is 19.3. The highest BCUT2D eigenvalue weighted by atomic mass is 16.5. The Morgan fingerprint density at radius 1 is 1.30 bits per heavy atom. The molecule has 0 unspecified atom stereocenters. The van der Waals surface area contributed by atoms with Crippen LogP contribution in [0.2, 0.25) is 0 Å². The van der Waals surface area contributed by atoms with Crippen LogP contribution >= 0.6 is 0 Å². The van der Waals surface area contributed by atoms with Gasteiger partial charge in [-0.3, -0.25) is 9.59 Å². The highest BCUT2D eigenvalue weighted by Gasteiger charge is 2.41. The zero-order valence-electron chi connectivity index (χ0n) is 16.2. The molecule has 1 aliphatic rings. The molecule has 1 amide bonds. The summed E-state index contributed by atoms with van der Waals surface area (Å²) in [7, 11) is 0. The Bertz CT molecular complexity index is 860. The van der Waals surface area contributed by atoms with Gasteiger partial charge in [0.1, 0.15) is 11.4 Å². The molecule has 144 valence electrons. The molecule has 1 aliphatic heterocycles. The highest BCUT2D eigenvalue weighted by molar-refractivity contribution is 5.93. The van der Waals surface area contributed by atoms with Crippen LogP contribution in [-0.2, 0) is 10.2 Å². The number of rotatable bonds is 5. The molecular weight excluding hydrogens is 342 g/mol. The largest absolute Gasteiger partial charge is 0.376 e. The zero-order valence-corrected chi connectivity index (χ0v) is 16.2. The number of hydrogen-bond donors (Lipinski definition) is 2. The predicted octanol–water partition coefficient (Wildman–Crippen LogP) is 2.73. The summed E-state index contributed by atoms with van der Waals surface area (Å²) in [6.07, 6.45) is 3.90. The van der Waals surface area contributed by atoms with Gasteiger partial charge in [-0.25, -0.2) is 4.98 Å². The predicted molar refractivity (Wildman–Crippen MR) is 104 cm³/mol. The van der Waals surface area contributed by atoms with Crippen LogP contribution in [0.4, 0.5) is 0 Å². The van der Waals surface area contributed by atoms with Crippen molar-refractivity contribution in [2.24, 2.45) is 0 Å². The summed E-state index contributed by atoms with van der Waals surface area (Å²) in [5.41, 5.74) is 0.627. The molecule has 6 nitrogen and oxygen atoms in total. The molecule has 1 saturated heterocycles. The molecule has 0 bridgehead atoms.